The zero-order chi connectivity index (χ0) is 20.7. The Morgan fingerprint density at radius 2 is 1.66 bits per heavy atom. The molecular formula is C20H19N3O5S. The first-order valence-electron chi connectivity index (χ1n) is 8.77. The van der Waals surface area contributed by atoms with Gasteiger partial charge in [0, 0.05) is 12.7 Å². The van der Waals surface area contributed by atoms with Crippen molar-refractivity contribution in [1.82, 2.24) is 15.6 Å². The van der Waals surface area contributed by atoms with Gasteiger partial charge in [-0.3, -0.25) is 14.6 Å². The highest BCUT2D eigenvalue weighted by Crippen LogP contribution is 2.28. The predicted octanol–water partition coefficient (Wildman–Crippen LogP) is 1.62. The third-order valence-corrected chi connectivity index (χ3v) is 6.19. The van der Waals surface area contributed by atoms with Gasteiger partial charge in [0.05, 0.1) is 23.4 Å². The fourth-order valence-electron chi connectivity index (χ4n) is 2.63. The van der Waals surface area contributed by atoms with Crippen LogP contribution >= 0.6 is 0 Å². The molecule has 2 amide bonds. The molecule has 8 nitrogen and oxygen atoms in total. The number of carbonyl (C=O) groups is 2. The maximum atomic E-state index is 13.0. The second-order valence-corrected chi connectivity index (χ2v) is 8.21. The van der Waals surface area contributed by atoms with Crippen LogP contribution in [0.1, 0.15) is 16.7 Å². The zero-order valence-electron chi connectivity index (χ0n) is 15.3. The molecule has 9 heteroatoms. The van der Waals surface area contributed by atoms with Crippen LogP contribution in [0.4, 0.5) is 0 Å². The number of amides is 2. The Morgan fingerprint density at radius 1 is 0.931 bits per heavy atom. The van der Waals surface area contributed by atoms with Crippen LogP contribution in [0.15, 0.2) is 82.4 Å². The maximum Gasteiger partial charge on any atom is 0.309 e. The summed E-state index contributed by atoms with van der Waals surface area (Å²) in [6.45, 7) is -0.238. The molecule has 2 N–H and O–H groups in total. The monoisotopic (exact) mass is 413 g/mol. The van der Waals surface area contributed by atoms with Crippen LogP contribution in [0.3, 0.4) is 0 Å². The van der Waals surface area contributed by atoms with Gasteiger partial charge in [0.15, 0.2) is 9.84 Å². The molecular weight excluding hydrogens is 394 g/mol. The van der Waals surface area contributed by atoms with Crippen LogP contribution in [-0.2, 0) is 26.0 Å². The molecule has 1 aromatic carbocycles. The third kappa shape index (κ3) is 5.08. The number of nitrogens with one attached hydrogen (secondary N) is 2. The molecule has 0 fully saturated rings. The zero-order valence-corrected chi connectivity index (χ0v) is 16.1. The number of hydrogen-bond donors (Lipinski definition) is 2. The Kier molecular flexibility index (Phi) is 6.40. The fourth-order valence-corrected chi connectivity index (χ4v) is 4.24. The van der Waals surface area contributed by atoms with Crippen molar-refractivity contribution >= 4 is 21.7 Å². The topological polar surface area (TPSA) is 118 Å². The lowest BCUT2D eigenvalue weighted by atomic mass is 10.3. The van der Waals surface area contributed by atoms with Crippen molar-refractivity contribution in [1.29, 1.82) is 0 Å². The van der Waals surface area contributed by atoms with E-state index in [2.05, 4.69) is 15.6 Å². The van der Waals surface area contributed by atoms with E-state index in [0.717, 1.165) is 0 Å². The van der Waals surface area contributed by atoms with Gasteiger partial charge < -0.3 is 15.1 Å². The Morgan fingerprint density at radius 3 is 2.31 bits per heavy atom. The van der Waals surface area contributed by atoms with Crippen molar-refractivity contribution in [2.45, 2.75) is 16.7 Å². The number of furan rings is 1. The molecule has 0 aliphatic rings. The predicted molar refractivity (Wildman–Crippen MR) is 104 cm³/mol. The largest absolute Gasteiger partial charge is 0.468 e. The van der Waals surface area contributed by atoms with Crippen molar-refractivity contribution in [2.75, 3.05) is 6.54 Å². The number of nitrogens with zero attached hydrogens (tertiary/aromatic N) is 1. The first-order chi connectivity index (χ1) is 14.0. The van der Waals surface area contributed by atoms with E-state index in [-0.39, 0.29) is 23.7 Å². The maximum absolute atomic E-state index is 13.0. The van der Waals surface area contributed by atoms with E-state index in [9.17, 15) is 18.0 Å². The second kappa shape index (κ2) is 9.16. The molecule has 0 saturated heterocycles. The van der Waals surface area contributed by atoms with Gasteiger partial charge in [-0.2, -0.15) is 0 Å². The quantitative estimate of drug-likeness (QED) is 0.568. The summed E-state index contributed by atoms with van der Waals surface area (Å²) in [4.78, 5) is 28.3. The minimum absolute atomic E-state index is 0.0804. The standard InChI is InChI=1S/C20H19N3O5S/c24-19(22-13-15-7-4-5-11-21-15)20(25)23-14-18(17-10-6-12-28-17)29(26,27)16-8-2-1-3-9-16/h1-12,18H,13-14H2,(H,22,24)(H,23,25)/t18-/m0/s1. The Labute approximate surface area is 167 Å². The molecule has 0 aliphatic heterocycles. The summed E-state index contributed by atoms with van der Waals surface area (Å²) >= 11 is 0. The van der Waals surface area contributed by atoms with Crippen molar-refractivity contribution in [2.24, 2.45) is 0 Å². The van der Waals surface area contributed by atoms with Crippen LogP contribution in [0.2, 0.25) is 0 Å². The fraction of sp³-hybridized carbons (Fsp3) is 0.150. The highest BCUT2D eigenvalue weighted by molar-refractivity contribution is 7.91. The van der Waals surface area contributed by atoms with Crippen molar-refractivity contribution in [3.63, 3.8) is 0 Å². The van der Waals surface area contributed by atoms with Gasteiger partial charge in [0.2, 0.25) is 0 Å². The van der Waals surface area contributed by atoms with Crippen LogP contribution < -0.4 is 10.6 Å². The third-order valence-electron chi connectivity index (χ3n) is 4.12. The highest BCUT2D eigenvalue weighted by Gasteiger charge is 2.32. The number of sulfone groups is 1. The summed E-state index contributed by atoms with van der Waals surface area (Å²) < 4.78 is 31.3. The molecule has 2 heterocycles. The van der Waals surface area contributed by atoms with Crippen LogP contribution in [0, 0.1) is 0 Å². The average molecular weight is 413 g/mol. The number of benzene rings is 1. The molecule has 3 aromatic rings. The summed E-state index contributed by atoms with van der Waals surface area (Å²) in [7, 11) is -3.85. The second-order valence-electron chi connectivity index (χ2n) is 6.08. The van der Waals surface area contributed by atoms with Crippen LogP contribution in [0.25, 0.3) is 0 Å². The normalized spacial score (nSPS) is 12.1. The number of rotatable bonds is 7. The lowest BCUT2D eigenvalue weighted by Gasteiger charge is -2.16. The summed E-state index contributed by atoms with van der Waals surface area (Å²) in [5.41, 5.74) is 0.591. The minimum Gasteiger partial charge on any atom is -0.468 e. The van der Waals surface area contributed by atoms with Gasteiger partial charge in [-0.05, 0) is 36.4 Å². The molecule has 2 aromatic heterocycles. The summed E-state index contributed by atoms with van der Waals surface area (Å²) in [6.07, 6.45) is 2.92. The number of hydrogen-bond acceptors (Lipinski definition) is 6. The van der Waals surface area contributed by atoms with Crippen LogP contribution in [-0.4, -0.2) is 31.8 Å². The Bertz CT molecular complexity index is 1050. The van der Waals surface area contributed by atoms with E-state index >= 15 is 0 Å². The molecule has 0 bridgehead atoms. The molecule has 0 spiro atoms. The van der Waals surface area contributed by atoms with Crippen LogP contribution in [0.5, 0.6) is 0 Å². The van der Waals surface area contributed by atoms with Gasteiger partial charge in [-0.1, -0.05) is 24.3 Å². The number of pyridine rings is 1. The van der Waals surface area contributed by atoms with Gasteiger partial charge in [-0.15, -0.1) is 0 Å². The van der Waals surface area contributed by atoms with Gasteiger partial charge in [-0.25, -0.2) is 8.42 Å². The van der Waals surface area contributed by atoms with Gasteiger partial charge in [0.25, 0.3) is 0 Å². The molecule has 0 unspecified atom stereocenters. The lowest BCUT2D eigenvalue weighted by Crippen LogP contribution is -2.42. The summed E-state index contributed by atoms with van der Waals surface area (Å²) in [6, 6.07) is 16.1. The number of carbonyl (C=O) groups excluding carboxylic acids is 2. The van der Waals surface area contributed by atoms with E-state index in [1.165, 1.54) is 24.5 Å². The molecule has 0 saturated carbocycles. The van der Waals surface area contributed by atoms with E-state index in [0.29, 0.717) is 5.69 Å². The average Bonchev–Trinajstić information content (AvgIpc) is 3.27. The SMILES string of the molecule is O=C(NCc1ccccn1)C(=O)NC[C@@H](c1ccco1)S(=O)(=O)c1ccccc1. The Balaban J connectivity index is 1.67. The highest BCUT2D eigenvalue weighted by atomic mass is 32.2. The van der Waals surface area contributed by atoms with E-state index in [4.69, 9.17) is 4.42 Å². The molecule has 0 aliphatic carbocycles. The van der Waals surface area contributed by atoms with E-state index in [1.807, 2.05) is 0 Å². The minimum atomic E-state index is -3.85. The van der Waals surface area contributed by atoms with E-state index < -0.39 is 26.9 Å². The van der Waals surface area contributed by atoms with Crippen molar-refractivity contribution < 1.29 is 22.4 Å². The number of aromatic nitrogens is 1. The first-order valence-corrected chi connectivity index (χ1v) is 10.3. The Hall–Kier alpha value is -3.46. The van der Waals surface area contributed by atoms with Crippen molar-refractivity contribution in [3.8, 4) is 0 Å². The molecule has 0 radical (unpaired) electrons. The molecule has 3 rings (SSSR count). The molecule has 150 valence electrons. The van der Waals surface area contributed by atoms with Gasteiger partial charge >= 0.3 is 11.8 Å². The lowest BCUT2D eigenvalue weighted by molar-refractivity contribution is -0.139. The summed E-state index contributed by atoms with van der Waals surface area (Å²) in [5.74, 6) is -1.66. The summed E-state index contributed by atoms with van der Waals surface area (Å²) in [5, 5.41) is 3.64. The van der Waals surface area contributed by atoms with E-state index in [1.54, 1.807) is 48.7 Å². The first kappa shape index (κ1) is 20.3. The molecule has 1 atom stereocenters. The van der Waals surface area contributed by atoms with Crippen molar-refractivity contribution in [3.05, 3.63) is 84.6 Å². The van der Waals surface area contributed by atoms with Gasteiger partial charge in [0.1, 0.15) is 11.0 Å². The smallest absolute Gasteiger partial charge is 0.309 e. The molecule has 29 heavy (non-hydrogen) atoms.